The smallest absolute Gasteiger partial charge is 0.341 e. The Morgan fingerprint density at radius 3 is 2.19 bits per heavy atom. The number of carbonyl (C=O) groups is 2. The van der Waals surface area contributed by atoms with Crippen LogP contribution in [0.25, 0.3) is 16.8 Å². The van der Waals surface area contributed by atoms with Crippen molar-refractivity contribution >= 4 is 28.2 Å². The number of hydrogen-bond acceptors (Lipinski definition) is 4. The molecule has 0 spiro atoms. The van der Waals surface area contributed by atoms with Gasteiger partial charge in [0, 0.05) is 34.1 Å². The number of aromatic nitrogens is 1. The van der Waals surface area contributed by atoms with Crippen LogP contribution in [-0.4, -0.2) is 23.6 Å². The number of benzene rings is 2. The minimum absolute atomic E-state index is 0.277. The van der Waals surface area contributed by atoms with E-state index in [1.165, 1.54) is 18.4 Å². The summed E-state index contributed by atoms with van der Waals surface area (Å²) in [6.45, 7) is 3.95. The molecule has 31 heavy (non-hydrogen) atoms. The first-order valence-corrected chi connectivity index (χ1v) is 10.6. The Labute approximate surface area is 184 Å². The Balaban J connectivity index is 1.66. The van der Waals surface area contributed by atoms with Crippen LogP contribution in [0.2, 0.25) is 0 Å². The zero-order valence-electron chi connectivity index (χ0n) is 17.5. The van der Waals surface area contributed by atoms with Gasteiger partial charge in [-0.05, 0) is 55.8 Å². The number of rotatable bonds is 5. The number of anilines is 1. The Kier molecular flexibility index (Phi) is 5.73. The second-order valence-electron chi connectivity index (χ2n) is 7.19. The van der Waals surface area contributed by atoms with Gasteiger partial charge in [-0.2, -0.15) is 0 Å². The summed E-state index contributed by atoms with van der Waals surface area (Å²) in [7, 11) is 1.35. The van der Waals surface area contributed by atoms with E-state index in [4.69, 9.17) is 4.74 Å². The lowest BCUT2D eigenvalue weighted by molar-refractivity contribution is 0.0603. The molecule has 0 saturated carbocycles. The summed E-state index contributed by atoms with van der Waals surface area (Å²) in [6.07, 6.45) is 3.89. The van der Waals surface area contributed by atoms with Crippen LogP contribution in [0.4, 0.5) is 5.00 Å². The molecule has 5 nitrogen and oxygen atoms in total. The summed E-state index contributed by atoms with van der Waals surface area (Å²) in [5, 5.41) is 3.40. The van der Waals surface area contributed by atoms with Gasteiger partial charge in [0.25, 0.3) is 5.91 Å². The Hall–Kier alpha value is -3.64. The molecule has 4 aromatic rings. The van der Waals surface area contributed by atoms with E-state index < -0.39 is 5.97 Å². The number of nitrogens with one attached hydrogen (secondary N) is 1. The van der Waals surface area contributed by atoms with Gasteiger partial charge >= 0.3 is 5.97 Å². The molecule has 0 unspecified atom stereocenters. The zero-order chi connectivity index (χ0) is 22.0. The number of aryl methyl sites for hydroxylation is 2. The summed E-state index contributed by atoms with van der Waals surface area (Å²) >= 11 is 1.37. The number of methoxy groups -OCH3 is 1. The highest BCUT2D eigenvalue weighted by Gasteiger charge is 2.25. The van der Waals surface area contributed by atoms with Gasteiger partial charge in [0.2, 0.25) is 0 Å². The standard InChI is InChI=1S/C25H22N2O3S/c1-16-6-8-18(9-7-16)21-17(2)31-24(22(21)25(29)30-3)26-23(28)19-10-12-20(13-11-19)27-14-4-5-15-27/h4-15H,1-3H3,(H,26,28). The van der Waals surface area contributed by atoms with Crippen LogP contribution in [0, 0.1) is 13.8 Å². The minimum Gasteiger partial charge on any atom is -0.465 e. The molecule has 0 aliphatic heterocycles. The quantitative estimate of drug-likeness (QED) is 0.403. The largest absolute Gasteiger partial charge is 0.465 e. The fourth-order valence-corrected chi connectivity index (χ4v) is 4.52. The second kappa shape index (κ2) is 8.62. The van der Waals surface area contributed by atoms with E-state index in [-0.39, 0.29) is 5.91 Å². The first-order valence-electron chi connectivity index (χ1n) is 9.81. The summed E-state index contributed by atoms with van der Waals surface area (Å²) in [5.41, 5.74) is 4.69. The normalized spacial score (nSPS) is 10.7. The van der Waals surface area contributed by atoms with E-state index in [9.17, 15) is 9.59 Å². The van der Waals surface area contributed by atoms with Crippen molar-refractivity contribution in [3.8, 4) is 16.8 Å². The molecule has 2 heterocycles. The average Bonchev–Trinajstić information content (AvgIpc) is 3.42. The molecule has 156 valence electrons. The third-order valence-electron chi connectivity index (χ3n) is 5.07. The monoisotopic (exact) mass is 430 g/mol. The van der Waals surface area contributed by atoms with Crippen molar-refractivity contribution in [1.29, 1.82) is 0 Å². The molecular weight excluding hydrogens is 408 g/mol. The average molecular weight is 431 g/mol. The van der Waals surface area contributed by atoms with E-state index in [1.54, 1.807) is 12.1 Å². The van der Waals surface area contributed by atoms with Crippen LogP contribution in [0.15, 0.2) is 73.1 Å². The predicted molar refractivity (Wildman–Crippen MR) is 124 cm³/mol. The first-order chi connectivity index (χ1) is 15.0. The summed E-state index contributed by atoms with van der Waals surface area (Å²) < 4.78 is 7.00. The molecular formula is C25H22N2O3S. The Bertz CT molecular complexity index is 1220. The molecule has 0 bridgehead atoms. The Morgan fingerprint density at radius 2 is 1.58 bits per heavy atom. The molecule has 0 radical (unpaired) electrons. The molecule has 4 rings (SSSR count). The van der Waals surface area contributed by atoms with Crippen LogP contribution in [0.1, 0.15) is 31.2 Å². The minimum atomic E-state index is -0.474. The number of esters is 1. The van der Waals surface area contributed by atoms with Crippen LogP contribution in [0.3, 0.4) is 0 Å². The van der Waals surface area contributed by atoms with Crippen molar-refractivity contribution in [2.75, 3.05) is 12.4 Å². The van der Waals surface area contributed by atoms with Gasteiger partial charge in [-0.15, -0.1) is 11.3 Å². The third-order valence-corrected chi connectivity index (χ3v) is 6.09. The predicted octanol–water partition coefficient (Wildman–Crippen LogP) is 5.86. The molecule has 1 amide bonds. The number of ether oxygens (including phenoxy) is 1. The molecule has 0 fully saturated rings. The van der Waals surface area contributed by atoms with Crippen LogP contribution in [0.5, 0.6) is 0 Å². The number of hydrogen-bond donors (Lipinski definition) is 1. The fraction of sp³-hybridized carbons (Fsp3) is 0.120. The molecule has 2 aromatic carbocycles. The van der Waals surface area contributed by atoms with Gasteiger partial charge < -0.3 is 14.6 Å². The SMILES string of the molecule is COC(=O)c1c(NC(=O)c2ccc(-n3cccc3)cc2)sc(C)c1-c1ccc(C)cc1. The second-order valence-corrected chi connectivity index (χ2v) is 8.41. The van der Waals surface area contributed by atoms with Gasteiger partial charge in [-0.3, -0.25) is 4.79 Å². The molecule has 1 N–H and O–H groups in total. The maximum Gasteiger partial charge on any atom is 0.341 e. The highest BCUT2D eigenvalue weighted by atomic mass is 32.1. The molecule has 6 heteroatoms. The highest BCUT2D eigenvalue weighted by molar-refractivity contribution is 7.17. The lowest BCUT2D eigenvalue weighted by atomic mass is 10.0. The summed E-state index contributed by atoms with van der Waals surface area (Å²) in [6, 6.07) is 19.1. The molecule has 0 aliphatic rings. The van der Waals surface area contributed by atoms with E-state index in [0.29, 0.717) is 16.1 Å². The number of nitrogens with zero attached hydrogens (tertiary/aromatic N) is 1. The number of thiophene rings is 1. The van der Waals surface area contributed by atoms with E-state index >= 15 is 0 Å². The molecule has 2 aromatic heterocycles. The van der Waals surface area contributed by atoms with Gasteiger partial charge in [0.05, 0.1) is 7.11 Å². The van der Waals surface area contributed by atoms with Gasteiger partial charge in [-0.25, -0.2) is 4.79 Å². The molecule has 0 aliphatic carbocycles. The van der Waals surface area contributed by atoms with E-state index in [2.05, 4.69) is 5.32 Å². The maximum absolute atomic E-state index is 12.9. The third kappa shape index (κ3) is 4.15. The lowest BCUT2D eigenvalue weighted by Gasteiger charge is -2.09. The van der Waals surface area contributed by atoms with Crippen LogP contribution < -0.4 is 5.32 Å². The van der Waals surface area contributed by atoms with Crippen molar-refractivity contribution in [2.45, 2.75) is 13.8 Å². The molecule has 0 saturated heterocycles. The number of carbonyl (C=O) groups excluding carboxylic acids is 2. The lowest BCUT2D eigenvalue weighted by Crippen LogP contribution is -2.14. The van der Waals surface area contributed by atoms with Crippen molar-refractivity contribution in [2.24, 2.45) is 0 Å². The van der Waals surface area contributed by atoms with Crippen molar-refractivity contribution < 1.29 is 14.3 Å². The van der Waals surface area contributed by atoms with Crippen molar-refractivity contribution in [1.82, 2.24) is 4.57 Å². The zero-order valence-corrected chi connectivity index (χ0v) is 18.3. The summed E-state index contributed by atoms with van der Waals surface area (Å²) in [4.78, 5) is 26.5. The molecule has 0 atom stereocenters. The van der Waals surface area contributed by atoms with E-state index in [0.717, 1.165) is 27.3 Å². The highest BCUT2D eigenvalue weighted by Crippen LogP contribution is 2.40. The van der Waals surface area contributed by atoms with Gasteiger partial charge in [-0.1, -0.05) is 29.8 Å². The maximum atomic E-state index is 12.9. The van der Waals surface area contributed by atoms with Gasteiger partial charge in [0.1, 0.15) is 10.6 Å². The van der Waals surface area contributed by atoms with Crippen LogP contribution in [-0.2, 0) is 4.74 Å². The van der Waals surface area contributed by atoms with Gasteiger partial charge in [0.15, 0.2) is 0 Å². The Morgan fingerprint density at radius 1 is 0.935 bits per heavy atom. The van der Waals surface area contributed by atoms with Crippen molar-refractivity contribution in [3.05, 3.63) is 94.6 Å². The van der Waals surface area contributed by atoms with Crippen molar-refractivity contribution in [3.63, 3.8) is 0 Å². The van der Waals surface area contributed by atoms with E-state index in [1.807, 2.05) is 79.3 Å². The topological polar surface area (TPSA) is 60.3 Å². The van der Waals surface area contributed by atoms with Crippen LogP contribution >= 0.6 is 11.3 Å². The summed E-state index contributed by atoms with van der Waals surface area (Å²) in [5.74, 6) is -0.751. The fourth-order valence-electron chi connectivity index (χ4n) is 3.46. The number of amides is 1. The first kappa shape index (κ1) is 20.6.